The number of methoxy groups -OCH3 is 2. The van der Waals surface area contributed by atoms with E-state index in [4.69, 9.17) is 15.2 Å². The molecule has 132 valence electrons. The summed E-state index contributed by atoms with van der Waals surface area (Å²) in [6, 6.07) is 1.85. The van der Waals surface area contributed by atoms with Crippen LogP contribution in [-0.4, -0.2) is 28.8 Å². The van der Waals surface area contributed by atoms with Crippen LogP contribution in [0.1, 0.15) is 11.3 Å². The van der Waals surface area contributed by atoms with Gasteiger partial charge in [0.1, 0.15) is 26.8 Å². The Labute approximate surface area is 160 Å². The summed E-state index contributed by atoms with van der Waals surface area (Å²) >= 11 is 6.83. The number of hydrogen-bond donors (Lipinski definition) is 1. The Morgan fingerprint density at radius 2 is 2.00 bits per heavy atom. The Morgan fingerprint density at radius 1 is 1.28 bits per heavy atom. The van der Waals surface area contributed by atoms with Gasteiger partial charge in [-0.2, -0.15) is 4.98 Å². The molecule has 3 aromatic heterocycles. The molecule has 10 heteroatoms. The molecule has 25 heavy (non-hydrogen) atoms. The minimum absolute atomic E-state index is 0.146. The second-order valence-corrected chi connectivity index (χ2v) is 6.82. The van der Waals surface area contributed by atoms with Crippen molar-refractivity contribution in [1.29, 1.82) is 0 Å². The van der Waals surface area contributed by atoms with Gasteiger partial charge >= 0.3 is 5.88 Å². The number of anilines is 1. The van der Waals surface area contributed by atoms with Gasteiger partial charge in [0.15, 0.2) is 5.75 Å². The maximum atomic E-state index is 12.7. The van der Waals surface area contributed by atoms with E-state index in [0.29, 0.717) is 31.7 Å². The molecule has 0 bridgehead atoms. The van der Waals surface area contributed by atoms with Crippen molar-refractivity contribution in [2.45, 2.75) is 13.5 Å². The van der Waals surface area contributed by atoms with E-state index in [2.05, 4.69) is 41.8 Å². The minimum Gasteiger partial charge on any atom is -0.616 e. The zero-order chi connectivity index (χ0) is 18.3. The SMILES string of the molecule is COc1c(C)c(OC)[n+]([O-])c(Cn2ccc3c(Br)nc(N)nc32)c1Br. The second-order valence-electron chi connectivity index (χ2n) is 5.28. The van der Waals surface area contributed by atoms with Crippen LogP contribution in [0.15, 0.2) is 21.3 Å². The van der Waals surface area contributed by atoms with Crippen LogP contribution in [0.5, 0.6) is 11.6 Å². The third-order valence-corrected chi connectivity index (χ3v) is 5.27. The Hall–Kier alpha value is -2.07. The zero-order valence-electron chi connectivity index (χ0n) is 13.7. The van der Waals surface area contributed by atoms with Crippen LogP contribution in [0, 0.1) is 12.1 Å². The number of hydrogen-bond acceptors (Lipinski definition) is 6. The van der Waals surface area contributed by atoms with Crippen LogP contribution in [0.2, 0.25) is 0 Å². The number of halogens is 2. The van der Waals surface area contributed by atoms with Crippen molar-refractivity contribution in [2.24, 2.45) is 0 Å². The van der Waals surface area contributed by atoms with Crippen molar-refractivity contribution in [3.8, 4) is 11.6 Å². The number of nitrogen functional groups attached to an aromatic ring is 1. The number of nitrogens with zero attached hydrogens (tertiary/aromatic N) is 4. The molecular weight excluding hydrogens is 458 g/mol. The summed E-state index contributed by atoms with van der Waals surface area (Å²) in [6.45, 7) is 2.00. The van der Waals surface area contributed by atoms with Crippen molar-refractivity contribution in [3.05, 3.63) is 37.8 Å². The van der Waals surface area contributed by atoms with Crippen LogP contribution in [0.3, 0.4) is 0 Å². The molecule has 0 atom stereocenters. The number of rotatable bonds is 4. The lowest BCUT2D eigenvalue weighted by molar-refractivity contribution is -0.621. The monoisotopic (exact) mass is 471 g/mol. The highest BCUT2D eigenvalue weighted by atomic mass is 79.9. The Bertz CT molecular complexity index is 943. The van der Waals surface area contributed by atoms with E-state index >= 15 is 0 Å². The molecule has 0 spiro atoms. The predicted octanol–water partition coefficient (Wildman–Crippen LogP) is 2.55. The number of nitrogens with two attached hydrogens (primary N) is 1. The molecule has 0 unspecified atom stereocenters. The molecule has 0 aliphatic rings. The van der Waals surface area contributed by atoms with Crippen LogP contribution < -0.4 is 19.9 Å². The zero-order valence-corrected chi connectivity index (χ0v) is 16.9. The van der Waals surface area contributed by atoms with Crippen LogP contribution in [0.4, 0.5) is 5.95 Å². The van der Waals surface area contributed by atoms with E-state index in [-0.39, 0.29) is 18.4 Å². The molecule has 0 fully saturated rings. The third-order valence-electron chi connectivity index (χ3n) is 3.85. The van der Waals surface area contributed by atoms with Gasteiger partial charge in [0.25, 0.3) is 0 Å². The standard InChI is InChI=1S/C15H15Br2N5O3/c1-7-11(24-2)10(16)9(22(23)14(7)25-3)6-21-5-4-8-12(17)19-15(18)20-13(8)21/h4-5H,6H2,1-3H3,(H2,18,19,20). The molecule has 3 heterocycles. The summed E-state index contributed by atoms with van der Waals surface area (Å²) < 4.78 is 14.4. The fourth-order valence-electron chi connectivity index (χ4n) is 2.70. The Morgan fingerprint density at radius 3 is 2.64 bits per heavy atom. The summed E-state index contributed by atoms with van der Waals surface area (Å²) in [5.41, 5.74) is 7.39. The van der Waals surface area contributed by atoms with Crippen molar-refractivity contribution in [3.63, 3.8) is 0 Å². The van der Waals surface area contributed by atoms with Crippen molar-refractivity contribution < 1.29 is 14.2 Å². The summed E-state index contributed by atoms with van der Waals surface area (Å²) in [6.07, 6.45) is 1.81. The van der Waals surface area contributed by atoms with E-state index in [1.165, 1.54) is 7.11 Å². The smallest absolute Gasteiger partial charge is 0.386 e. The van der Waals surface area contributed by atoms with E-state index in [0.717, 1.165) is 10.1 Å². The molecule has 3 aromatic rings. The van der Waals surface area contributed by atoms with Crippen molar-refractivity contribution in [1.82, 2.24) is 14.5 Å². The fourth-order valence-corrected chi connectivity index (χ4v) is 3.94. The topological polar surface area (TPSA) is 102 Å². The molecule has 0 radical (unpaired) electrons. The van der Waals surface area contributed by atoms with E-state index in [1.54, 1.807) is 18.6 Å². The highest BCUT2D eigenvalue weighted by molar-refractivity contribution is 9.11. The number of pyridine rings is 1. The highest BCUT2D eigenvalue weighted by Gasteiger charge is 2.27. The molecule has 0 amide bonds. The first-order valence-electron chi connectivity index (χ1n) is 7.19. The lowest BCUT2D eigenvalue weighted by Gasteiger charge is -2.16. The van der Waals surface area contributed by atoms with Crippen molar-refractivity contribution in [2.75, 3.05) is 20.0 Å². The Kier molecular flexibility index (Phi) is 4.74. The van der Waals surface area contributed by atoms with Crippen molar-refractivity contribution >= 4 is 48.8 Å². The van der Waals surface area contributed by atoms with Gasteiger partial charge in [-0.05, 0) is 44.8 Å². The maximum absolute atomic E-state index is 12.7. The van der Waals surface area contributed by atoms with Crippen LogP contribution >= 0.6 is 31.9 Å². The second kappa shape index (κ2) is 6.68. The molecular formula is C15H15Br2N5O3. The first kappa shape index (κ1) is 17.7. The number of ether oxygens (including phenoxy) is 2. The Balaban J connectivity index is 2.19. The number of aromatic nitrogens is 4. The van der Waals surface area contributed by atoms with Gasteiger partial charge in [-0.3, -0.25) is 0 Å². The summed E-state index contributed by atoms with van der Waals surface area (Å²) in [7, 11) is 2.99. The lowest BCUT2D eigenvalue weighted by Crippen LogP contribution is -2.36. The van der Waals surface area contributed by atoms with Crippen LogP contribution in [-0.2, 0) is 6.54 Å². The number of fused-ring (bicyclic) bond motifs is 1. The summed E-state index contributed by atoms with van der Waals surface area (Å²) in [4.78, 5) is 8.34. The van der Waals surface area contributed by atoms with Gasteiger partial charge < -0.3 is 25.0 Å². The van der Waals surface area contributed by atoms with Gasteiger partial charge in [-0.25, -0.2) is 4.98 Å². The molecule has 0 aliphatic heterocycles. The first-order chi connectivity index (χ1) is 11.9. The largest absolute Gasteiger partial charge is 0.616 e. The van der Waals surface area contributed by atoms with Gasteiger partial charge in [-0.1, -0.05) is 0 Å². The predicted molar refractivity (Wildman–Crippen MR) is 99.7 cm³/mol. The highest BCUT2D eigenvalue weighted by Crippen LogP contribution is 2.35. The van der Waals surface area contributed by atoms with E-state index < -0.39 is 0 Å². The third kappa shape index (κ3) is 2.89. The first-order valence-corrected chi connectivity index (χ1v) is 8.78. The summed E-state index contributed by atoms with van der Waals surface area (Å²) in [5, 5.41) is 13.5. The fraction of sp³-hybridized carbons (Fsp3) is 0.267. The van der Waals surface area contributed by atoms with Gasteiger partial charge in [0, 0.05) is 6.20 Å². The molecule has 2 N–H and O–H groups in total. The lowest BCUT2D eigenvalue weighted by atomic mass is 10.2. The van der Waals surface area contributed by atoms with Gasteiger partial charge in [-0.15, -0.1) is 4.73 Å². The quantitative estimate of drug-likeness (QED) is 0.355. The molecule has 0 aromatic carbocycles. The van der Waals surface area contributed by atoms with E-state index in [9.17, 15) is 5.21 Å². The molecule has 0 saturated carbocycles. The molecule has 8 nitrogen and oxygen atoms in total. The molecule has 0 aliphatic carbocycles. The molecule has 3 rings (SSSR count). The van der Waals surface area contributed by atoms with Crippen LogP contribution in [0.25, 0.3) is 11.0 Å². The minimum atomic E-state index is 0.146. The maximum Gasteiger partial charge on any atom is 0.386 e. The molecule has 0 saturated heterocycles. The average Bonchev–Trinajstić information content (AvgIpc) is 2.95. The van der Waals surface area contributed by atoms with Gasteiger partial charge in [0.05, 0.1) is 19.6 Å². The average molecular weight is 473 g/mol. The van der Waals surface area contributed by atoms with Gasteiger partial charge in [0.2, 0.25) is 11.6 Å². The summed E-state index contributed by atoms with van der Waals surface area (Å²) in [5.74, 6) is 0.875. The van der Waals surface area contributed by atoms with E-state index in [1.807, 2.05) is 12.3 Å². The normalized spacial score (nSPS) is 11.1.